The molecule has 1 fully saturated rings. The molecule has 110 valence electrons. The molecule has 0 bridgehead atoms. The summed E-state index contributed by atoms with van der Waals surface area (Å²) in [5.41, 5.74) is 6.08. The average Bonchev–Trinajstić information content (AvgIpc) is 2.85. The lowest BCUT2D eigenvalue weighted by atomic mass is 10.2. The smallest absolute Gasteiger partial charge is 0.147 e. The first-order chi connectivity index (χ1) is 9.54. The van der Waals surface area contributed by atoms with E-state index in [9.17, 15) is 0 Å². The van der Waals surface area contributed by atoms with Crippen molar-refractivity contribution in [3.05, 3.63) is 22.8 Å². The number of likely N-dealkylation sites (tertiary alicyclic amines) is 1. The molecule has 0 spiro atoms. The van der Waals surface area contributed by atoms with Gasteiger partial charge in [0.25, 0.3) is 0 Å². The summed E-state index contributed by atoms with van der Waals surface area (Å²) in [5, 5.41) is 8.00. The number of nitrogens with one attached hydrogen (secondary N) is 1. The van der Waals surface area contributed by atoms with E-state index in [1.807, 2.05) is 7.05 Å². The number of anilines is 1. The summed E-state index contributed by atoms with van der Waals surface area (Å²) in [6.07, 6.45) is 4.11. The summed E-state index contributed by atoms with van der Waals surface area (Å²) >= 11 is 6.32. The molecule has 2 rings (SSSR count). The molecule has 1 aromatic heterocycles. The number of nitrogen functional groups attached to an aromatic ring is 1. The zero-order valence-electron chi connectivity index (χ0n) is 12.1. The predicted molar refractivity (Wildman–Crippen MR) is 83.8 cm³/mol. The van der Waals surface area contributed by atoms with Crippen LogP contribution < -0.4 is 10.6 Å². The molecular formula is C14H22ClN5. The number of amidine groups is 1. The van der Waals surface area contributed by atoms with Crippen LogP contribution in [0.1, 0.15) is 25.3 Å². The highest BCUT2D eigenvalue weighted by Gasteiger charge is 2.25. The van der Waals surface area contributed by atoms with Crippen LogP contribution in [0.15, 0.2) is 12.3 Å². The molecule has 1 atom stereocenters. The molecule has 0 saturated carbocycles. The largest absolute Gasteiger partial charge is 0.384 e. The summed E-state index contributed by atoms with van der Waals surface area (Å²) in [6.45, 7) is 5.33. The SMILES string of the molecule is CCN1CCCC1CN(C)c1nccc(C(=N)N)c1Cl. The van der Waals surface area contributed by atoms with Crippen molar-refractivity contribution in [2.24, 2.45) is 5.73 Å². The molecule has 0 aromatic carbocycles. The molecule has 6 heteroatoms. The Morgan fingerprint density at radius 3 is 3.05 bits per heavy atom. The van der Waals surface area contributed by atoms with E-state index in [2.05, 4.69) is 21.7 Å². The molecule has 20 heavy (non-hydrogen) atoms. The maximum absolute atomic E-state index is 7.54. The Bertz CT molecular complexity index is 490. The number of aromatic nitrogens is 1. The molecular weight excluding hydrogens is 274 g/mol. The van der Waals surface area contributed by atoms with Crippen molar-refractivity contribution in [1.29, 1.82) is 5.41 Å². The van der Waals surface area contributed by atoms with Crippen LogP contribution in [0.2, 0.25) is 5.02 Å². The number of hydrogen-bond donors (Lipinski definition) is 2. The highest BCUT2D eigenvalue weighted by molar-refractivity contribution is 6.36. The molecule has 1 aliphatic heterocycles. The monoisotopic (exact) mass is 295 g/mol. The van der Waals surface area contributed by atoms with Crippen LogP contribution in [-0.2, 0) is 0 Å². The minimum Gasteiger partial charge on any atom is -0.384 e. The van der Waals surface area contributed by atoms with Gasteiger partial charge in [-0.1, -0.05) is 18.5 Å². The van der Waals surface area contributed by atoms with Crippen LogP contribution in [0.5, 0.6) is 0 Å². The lowest BCUT2D eigenvalue weighted by molar-refractivity contribution is 0.270. The minimum atomic E-state index is -0.0249. The maximum atomic E-state index is 7.54. The lowest BCUT2D eigenvalue weighted by Crippen LogP contribution is -2.39. The number of nitrogens with zero attached hydrogens (tertiary/aromatic N) is 3. The van der Waals surface area contributed by atoms with Crippen LogP contribution in [-0.4, -0.2) is 48.4 Å². The van der Waals surface area contributed by atoms with E-state index in [0.717, 1.165) is 13.1 Å². The van der Waals surface area contributed by atoms with Crippen molar-refractivity contribution in [1.82, 2.24) is 9.88 Å². The van der Waals surface area contributed by atoms with Crippen molar-refractivity contribution in [3.63, 3.8) is 0 Å². The van der Waals surface area contributed by atoms with Crippen LogP contribution in [0, 0.1) is 5.41 Å². The quantitative estimate of drug-likeness (QED) is 0.643. The summed E-state index contributed by atoms with van der Waals surface area (Å²) in [7, 11) is 1.99. The summed E-state index contributed by atoms with van der Waals surface area (Å²) in [5.74, 6) is 0.672. The van der Waals surface area contributed by atoms with Crippen molar-refractivity contribution in [2.75, 3.05) is 31.6 Å². The number of hydrogen-bond acceptors (Lipinski definition) is 4. The predicted octanol–water partition coefficient (Wildman–Crippen LogP) is 1.94. The summed E-state index contributed by atoms with van der Waals surface area (Å²) in [4.78, 5) is 8.89. The first-order valence-corrected chi connectivity index (χ1v) is 7.36. The normalized spacial score (nSPS) is 19.2. The van der Waals surface area contributed by atoms with E-state index < -0.39 is 0 Å². The Kier molecular flexibility index (Phi) is 4.83. The van der Waals surface area contributed by atoms with Crippen molar-refractivity contribution in [2.45, 2.75) is 25.8 Å². The van der Waals surface area contributed by atoms with Crippen LogP contribution in [0.3, 0.4) is 0 Å². The molecule has 1 saturated heterocycles. The molecule has 3 N–H and O–H groups in total. The molecule has 5 nitrogen and oxygen atoms in total. The second-order valence-electron chi connectivity index (χ2n) is 5.21. The summed E-state index contributed by atoms with van der Waals surface area (Å²) < 4.78 is 0. The fraction of sp³-hybridized carbons (Fsp3) is 0.571. The number of rotatable bonds is 5. The minimum absolute atomic E-state index is 0.0249. The summed E-state index contributed by atoms with van der Waals surface area (Å²) in [6, 6.07) is 2.22. The van der Waals surface area contributed by atoms with Gasteiger partial charge in [-0.3, -0.25) is 10.3 Å². The van der Waals surface area contributed by atoms with Gasteiger partial charge in [0.05, 0.1) is 5.02 Å². The van der Waals surface area contributed by atoms with Gasteiger partial charge in [-0.05, 0) is 32.0 Å². The maximum Gasteiger partial charge on any atom is 0.147 e. The van der Waals surface area contributed by atoms with Crippen LogP contribution in [0.4, 0.5) is 5.82 Å². The van der Waals surface area contributed by atoms with E-state index in [-0.39, 0.29) is 5.84 Å². The molecule has 0 radical (unpaired) electrons. The number of nitrogens with two attached hydrogens (primary N) is 1. The van der Waals surface area contributed by atoms with E-state index >= 15 is 0 Å². The van der Waals surface area contributed by atoms with Crippen molar-refractivity contribution < 1.29 is 0 Å². The van der Waals surface area contributed by atoms with Gasteiger partial charge in [0.1, 0.15) is 11.7 Å². The van der Waals surface area contributed by atoms with Crippen molar-refractivity contribution >= 4 is 23.3 Å². The Balaban J connectivity index is 2.15. The van der Waals surface area contributed by atoms with Gasteiger partial charge in [-0.25, -0.2) is 4.98 Å². The molecule has 2 heterocycles. The Morgan fingerprint density at radius 2 is 2.40 bits per heavy atom. The molecule has 1 aliphatic rings. The van der Waals surface area contributed by atoms with Gasteiger partial charge in [0.15, 0.2) is 0 Å². The lowest BCUT2D eigenvalue weighted by Gasteiger charge is -2.29. The van der Waals surface area contributed by atoms with Gasteiger partial charge in [0.2, 0.25) is 0 Å². The second-order valence-corrected chi connectivity index (χ2v) is 5.59. The first kappa shape index (κ1) is 15.1. The van der Waals surface area contributed by atoms with Gasteiger partial charge in [0, 0.05) is 31.4 Å². The third kappa shape index (κ3) is 3.04. The Morgan fingerprint density at radius 1 is 1.65 bits per heavy atom. The number of halogens is 1. The average molecular weight is 296 g/mol. The molecule has 0 aliphatic carbocycles. The van der Waals surface area contributed by atoms with Gasteiger partial charge in [-0.15, -0.1) is 0 Å². The van der Waals surface area contributed by atoms with Gasteiger partial charge in [-0.2, -0.15) is 0 Å². The van der Waals surface area contributed by atoms with Crippen LogP contribution >= 0.6 is 11.6 Å². The fourth-order valence-corrected chi connectivity index (χ4v) is 3.19. The topological polar surface area (TPSA) is 69.2 Å². The standard InChI is InChI=1S/C14H22ClN5/c1-3-20-8-4-5-10(20)9-19(2)14-12(15)11(13(16)17)6-7-18-14/h6-7,10H,3-5,8-9H2,1-2H3,(H3,16,17). The highest BCUT2D eigenvalue weighted by atomic mass is 35.5. The zero-order chi connectivity index (χ0) is 14.7. The first-order valence-electron chi connectivity index (χ1n) is 6.98. The third-order valence-corrected chi connectivity index (χ3v) is 4.29. The zero-order valence-corrected chi connectivity index (χ0v) is 12.8. The van der Waals surface area contributed by atoms with Gasteiger partial charge >= 0.3 is 0 Å². The number of pyridine rings is 1. The van der Waals surface area contributed by atoms with E-state index in [4.69, 9.17) is 22.7 Å². The highest BCUT2D eigenvalue weighted by Crippen LogP contribution is 2.27. The van der Waals surface area contributed by atoms with E-state index in [1.165, 1.54) is 19.4 Å². The molecule has 0 amide bonds. The third-order valence-electron chi connectivity index (χ3n) is 3.91. The van der Waals surface area contributed by atoms with E-state index in [1.54, 1.807) is 12.3 Å². The second kappa shape index (κ2) is 6.41. The Labute approximate surface area is 125 Å². The number of likely N-dealkylation sites (N-methyl/N-ethyl adjacent to an activating group) is 2. The van der Waals surface area contributed by atoms with E-state index in [0.29, 0.717) is 22.4 Å². The fourth-order valence-electron chi connectivity index (χ4n) is 2.83. The molecule has 1 aromatic rings. The molecule has 1 unspecified atom stereocenters. The Hall–Kier alpha value is -1.33. The van der Waals surface area contributed by atoms with Gasteiger partial charge < -0.3 is 10.6 Å². The van der Waals surface area contributed by atoms with Crippen molar-refractivity contribution in [3.8, 4) is 0 Å². The van der Waals surface area contributed by atoms with Crippen LogP contribution in [0.25, 0.3) is 0 Å².